The molecule has 0 unspecified atom stereocenters. The highest BCUT2D eigenvalue weighted by Crippen LogP contribution is 2.36. The van der Waals surface area contributed by atoms with Crippen molar-refractivity contribution in [2.75, 3.05) is 7.11 Å². The Labute approximate surface area is 159 Å². The van der Waals surface area contributed by atoms with E-state index in [1.807, 2.05) is 24.3 Å². The van der Waals surface area contributed by atoms with E-state index in [9.17, 15) is 20.0 Å². The summed E-state index contributed by atoms with van der Waals surface area (Å²) in [6.45, 7) is 1.82. The highest BCUT2D eigenvalue weighted by molar-refractivity contribution is 5.85. The molecule has 2 N–H and O–H groups in total. The Morgan fingerprint density at radius 3 is 2.89 bits per heavy atom. The summed E-state index contributed by atoms with van der Waals surface area (Å²) in [5, 5.41) is 24.6. The van der Waals surface area contributed by atoms with Crippen LogP contribution in [0.4, 0.5) is 5.69 Å². The molecule has 0 aliphatic carbocycles. The number of nitrogens with zero attached hydrogens (tertiary/aromatic N) is 4. The Morgan fingerprint density at radius 1 is 1.43 bits per heavy atom. The molecule has 0 fully saturated rings. The third kappa shape index (κ3) is 3.75. The summed E-state index contributed by atoms with van der Waals surface area (Å²) in [7, 11) is 1.28. The normalized spacial score (nSPS) is 11.1. The van der Waals surface area contributed by atoms with Crippen molar-refractivity contribution in [3.63, 3.8) is 0 Å². The van der Waals surface area contributed by atoms with Gasteiger partial charge in [0.05, 0.1) is 29.3 Å². The van der Waals surface area contributed by atoms with Gasteiger partial charge in [0.15, 0.2) is 5.75 Å². The molecule has 10 heteroatoms. The number of carbonyl (C=O) groups is 1. The standard InChI is InChI=1S/C18H17N5O5/c1-11-20-13-5-3-4-6-14(13)22(11)10-17(24)21-19-9-12-7-15(23(26)27)18(25)16(8-12)28-2/h3-9,25H,10H2,1-2H3,(H,21,24)/b19-9-. The van der Waals surface area contributed by atoms with E-state index in [-0.39, 0.29) is 23.8 Å². The van der Waals surface area contributed by atoms with Gasteiger partial charge in [-0.05, 0) is 25.1 Å². The third-order valence-electron chi connectivity index (χ3n) is 4.04. The van der Waals surface area contributed by atoms with Gasteiger partial charge in [0.2, 0.25) is 5.75 Å². The van der Waals surface area contributed by atoms with Crippen molar-refractivity contribution in [1.29, 1.82) is 0 Å². The van der Waals surface area contributed by atoms with Crippen molar-refractivity contribution in [2.45, 2.75) is 13.5 Å². The zero-order valence-corrected chi connectivity index (χ0v) is 15.1. The van der Waals surface area contributed by atoms with E-state index in [4.69, 9.17) is 4.74 Å². The SMILES string of the molecule is COc1cc(/C=N\NC(=O)Cn2c(C)nc3ccccc32)cc([N+](=O)[O-])c1O. The monoisotopic (exact) mass is 383 g/mol. The Balaban J connectivity index is 1.74. The molecular weight excluding hydrogens is 366 g/mol. The predicted octanol–water partition coefficient (Wildman–Crippen LogP) is 2.12. The largest absolute Gasteiger partial charge is 0.500 e. The number of carbonyl (C=O) groups excluding carboxylic acids is 1. The lowest BCUT2D eigenvalue weighted by atomic mass is 10.2. The number of aromatic nitrogens is 2. The number of aryl methyl sites for hydroxylation is 1. The molecule has 28 heavy (non-hydrogen) atoms. The van der Waals surface area contributed by atoms with Crippen LogP contribution in [0.3, 0.4) is 0 Å². The van der Waals surface area contributed by atoms with Crippen LogP contribution in [0.15, 0.2) is 41.5 Å². The van der Waals surface area contributed by atoms with Crippen molar-refractivity contribution in [2.24, 2.45) is 5.10 Å². The fourth-order valence-corrected chi connectivity index (χ4v) is 2.74. The van der Waals surface area contributed by atoms with Crippen LogP contribution in [0.5, 0.6) is 11.5 Å². The molecule has 0 bridgehead atoms. The summed E-state index contributed by atoms with van der Waals surface area (Å²) in [5.41, 5.74) is 3.76. The average molecular weight is 383 g/mol. The summed E-state index contributed by atoms with van der Waals surface area (Å²) < 4.78 is 6.67. The molecule has 0 saturated carbocycles. The maximum absolute atomic E-state index is 12.2. The zero-order valence-electron chi connectivity index (χ0n) is 15.1. The summed E-state index contributed by atoms with van der Waals surface area (Å²) in [6, 6.07) is 9.95. The van der Waals surface area contributed by atoms with Crippen LogP contribution < -0.4 is 10.2 Å². The van der Waals surface area contributed by atoms with Gasteiger partial charge in [-0.3, -0.25) is 14.9 Å². The van der Waals surface area contributed by atoms with Gasteiger partial charge in [-0.2, -0.15) is 5.10 Å². The van der Waals surface area contributed by atoms with Gasteiger partial charge in [-0.15, -0.1) is 0 Å². The number of fused-ring (bicyclic) bond motifs is 1. The molecule has 0 atom stereocenters. The molecule has 10 nitrogen and oxygen atoms in total. The van der Waals surface area contributed by atoms with Crippen molar-refractivity contribution >= 4 is 28.8 Å². The number of methoxy groups -OCH3 is 1. The summed E-state index contributed by atoms with van der Waals surface area (Å²) >= 11 is 0. The number of para-hydroxylation sites is 2. The van der Waals surface area contributed by atoms with E-state index < -0.39 is 16.4 Å². The van der Waals surface area contributed by atoms with Crippen molar-refractivity contribution in [3.8, 4) is 11.5 Å². The molecule has 0 aliphatic heterocycles. The van der Waals surface area contributed by atoms with Crippen LogP contribution >= 0.6 is 0 Å². The smallest absolute Gasteiger partial charge is 0.315 e. The number of amides is 1. The van der Waals surface area contributed by atoms with Gasteiger partial charge >= 0.3 is 5.69 Å². The second-order valence-electron chi connectivity index (χ2n) is 5.88. The lowest BCUT2D eigenvalue weighted by Gasteiger charge is -2.06. The lowest BCUT2D eigenvalue weighted by Crippen LogP contribution is -2.23. The van der Waals surface area contributed by atoms with Gasteiger partial charge in [0, 0.05) is 11.6 Å². The molecule has 2 aromatic carbocycles. The van der Waals surface area contributed by atoms with Crippen molar-refractivity contribution in [3.05, 3.63) is 57.9 Å². The highest BCUT2D eigenvalue weighted by Gasteiger charge is 2.19. The number of phenolic OH excluding ortho intramolecular Hbond substituents is 1. The van der Waals surface area contributed by atoms with Gasteiger partial charge in [-0.1, -0.05) is 12.1 Å². The summed E-state index contributed by atoms with van der Waals surface area (Å²) in [5.74, 6) is -0.333. The molecule has 1 amide bonds. The number of hydrogen-bond acceptors (Lipinski definition) is 7. The first-order chi connectivity index (χ1) is 13.4. The van der Waals surface area contributed by atoms with E-state index in [1.54, 1.807) is 11.5 Å². The molecule has 1 heterocycles. The number of rotatable bonds is 6. The molecule has 3 aromatic rings. The fourth-order valence-electron chi connectivity index (χ4n) is 2.74. The topological polar surface area (TPSA) is 132 Å². The molecule has 0 radical (unpaired) electrons. The quantitative estimate of drug-likeness (QED) is 0.381. The molecule has 3 rings (SSSR count). The van der Waals surface area contributed by atoms with Crippen LogP contribution in [-0.4, -0.2) is 38.8 Å². The van der Waals surface area contributed by atoms with Crippen molar-refractivity contribution < 1.29 is 19.6 Å². The van der Waals surface area contributed by atoms with Gasteiger partial charge in [0.1, 0.15) is 12.4 Å². The van der Waals surface area contributed by atoms with E-state index in [1.165, 1.54) is 19.4 Å². The number of aromatic hydroxyl groups is 1. The second-order valence-corrected chi connectivity index (χ2v) is 5.88. The number of phenols is 1. The minimum absolute atomic E-state index is 0.0166. The third-order valence-corrected chi connectivity index (χ3v) is 4.04. The Morgan fingerprint density at radius 2 is 2.18 bits per heavy atom. The highest BCUT2D eigenvalue weighted by atomic mass is 16.6. The first-order valence-electron chi connectivity index (χ1n) is 8.20. The number of hydrogen-bond donors (Lipinski definition) is 2. The van der Waals surface area contributed by atoms with Gasteiger partial charge in [0.25, 0.3) is 5.91 Å². The van der Waals surface area contributed by atoms with Gasteiger partial charge in [-0.25, -0.2) is 10.4 Å². The zero-order chi connectivity index (χ0) is 20.3. The number of imidazole rings is 1. The Bertz CT molecular complexity index is 1090. The van der Waals surface area contributed by atoms with E-state index in [0.29, 0.717) is 5.82 Å². The molecule has 144 valence electrons. The molecule has 1 aromatic heterocycles. The first-order valence-corrected chi connectivity index (χ1v) is 8.20. The molecule has 0 saturated heterocycles. The summed E-state index contributed by atoms with van der Waals surface area (Å²) in [6.07, 6.45) is 1.23. The van der Waals surface area contributed by atoms with Crippen LogP contribution in [0.25, 0.3) is 11.0 Å². The number of hydrazone groups is 1. The average Bonchev–Trinajstić information content (AvgIpc) is 2.98. The number of nitrogens with one attached hydrogen (secondary N) is 1. The molecular formula is C18H17N5O5. The number of benzene rings is 2. The molecule has 0 aliphatic rings. The minimum atomic E-state index is -0.735. The van der Waals surface area contributed by atoms with Crippen LogP contribution in [0.1, 0.15) is 11.4 Å². The van der Waals surface area contributed by atoms with Gasteiger partial charge < -0.3 is 14.4 Å². The first kappa shape index (κ1) is 18.8. The maximum atomic E-state index is 12.2. The number of nitro benzene ring substituents is 1. The van der Waals surface area contributed by atoms with Crippen LogP contribution in [-0.2, 0) is 11.3 Å². The Hall–Kier alpha value is -3.95. The fraction of sp³-hybridized carbons (Fsp3) is 0.167. The lowest BCUT2D eigenvalue weighted by molar-refractivity contribution is -0.386. The number of nitro groups is 1. The summed E-state index contributed by atoms with van der Waals surface area (Å²) in [4.78, 5) is 26.9. The van der Waals surface area contributed by atoms with E-state index >= 15 is 0 Å². The van der Waals surface area contributed by atoms with E-state index in [0.717, 1.165) is 17.1 Å². The van der Waals surface area contributed by atoms with E-state index in [2.05, 4.69) is 15.5 Å². The second kappa shape index (κ2) is 7.74. The van der Waals surface area contributed by atoms with Crippen LogP contribution in [0.2, 0.25) is 0 Å². The van der Waals surface area contributed by atoms with Crippen molar-refractivity contribution in [1.82, 2.24) is 15.0 Å². The Kier molecular flexibility index (Phi) is 5.21. The maximum Gasteiger partial charge on any atom is 0.315 e. The predicted molar refractivity (Wildman–Crippen MR) is 102 cm³/mol. The number of ether oxygens (including phenoxy) is 1. The van der Waals surface area contributed by atoms with Crippen LogP contribution in [0, 0.1) is 17.0 Å². The molecule has 0 spiro atoms. The minimum Gasteiger partial charge on any atom is -0.500 e.